The Balaban J connectivity index is 0.0000144. The predicted octanol–water partition coefficient (Wildman–Crippen LogP) is -5.60. The Morgan fingerprint density at radius 3 is 2.29 bits per heavy atom. The third-order valence-corrected chi connectivity index (χ3v) is 5.70. The minimum atomic E-state index is -1.35. The second-order valence-corrected chi connectivity index (χ2v) is 8.67. The van der Waals surface area contributed by atoms with Crippen LogP contribution in [0.4, 0.5) is 0 Å². The van der Waals surface area contributed by atoms with Gasteiger partial charge in [-0.15, -0.1) is 0 Å². The zero-order chi connectivity index (χ0) is 28.8. The third kappa shape index (κ3) is 13.4. The number of carbonyl (C=O) groups is 7. The fraction of sp³-hybridized carbons (Fsp3) is 0.565. The molecule has 0 bridgehead atoms. The summed E-state index contributed by atoms with van der Waals surface area (Å²) < 4.78 is 6.99. The Labute approximate surface area is 243 Å². The number of aliphatic carboxylic acids is 1. The molecule has 1 aromatic rings. The molecule has 0 spiro atoms. The first kappa shape index (κ1) is 32.9. The van der Waals surface area contributed by atoms with E-state index >= 15 is 0 Å². The van der Waals surface area contributed by atoms with Crippen LogP contribution in [-0.2, 0) is 40.0 Å². The molecule has 1 heterocycles. The van der Waals surface area contributed by atoms with Gasteiger partial charge in [0.15, 0.2) is 5.78 Å². The largest absolute Gasteiger partial charge is 1.00 e. The van der Waals surface area contributed by atoms with Crippen LogP contribution in [0.3, 0.4) is 0 Å². The monoisotopic (exact) mass is 546 g/mol. The van der Waals surface area contributed by atoms with E-state index in [2.05, 4.69) is 20.6 Å². The van der Waals surface area contributed by atoms with Crippen molar-refractivity contribution in [2.45, 2.75) is 70.4 Å². The number of nitrogens with two attached hydrogens (primary N) is 2. The van der Waals surface area contributed by atoms with Gasteiger partial charge in [-0.3, -0.25) is 24.0 Å². The molecule has 0 aliphatic carbocycles. The normalized spacial score (nSPS) is 14.0. The van der Waals surface area contributed by atoms with Crippen molar-refractivity contribution in [2.75, 3.05) is 0 Å². The summed E-state index contributed by atoms with van der Waals surface area (Å²) in [5.41, 5.74) is 11.2. The molecule has 0 radical (unpaired) electrons. The van der Waals surface area contributed by atoms with E-state index in [0.29, 0.717) is 5.69 Å². The van der Waals surface area contributed by atoms with Crippen LogP contribution in [0, 0.1) is 11.8 Å². The van der Waals surface area contributed by atoms with Gasteiger partial charge in [0.2, 0.25) is 23.6 Å². The van der Waals surface area contributed by atoms with Crippen LogP contribution >= 0.6 is 0 Å². The van der Waals surface area contributed by atoms with Gasteiger partial charge >= 0.3 is 29.6 Å². The Kier molecular flexibility index (Phi) is 15.8. The summed E-state index contributed by atoms with van der Waals surface area (Å²) in [4.78, 5) is 90.0. The number of aromatic nitrogens is 2. The number of ketones is 1. The average molecular weight is 547 g/mol. The number of aldehydes is 1. The minimum absolute atomic E-state index is 0. The van der Waals surface area contributed by atoms with Crippen LogP contribution < -0.4 is 56.8 Å². The number of carbonyl (C=O) groups excluding carboxylic acids is 7. The molecule has 15 heteroatoms. The maximum absolute atomic E-state index is 13.0. The summed E-state index contributed by atoms with van der Waals surface area (Å²) in [5.74, 6) is -6.85. The first-order valence-corrected chi connectivity index (χ1v) is 11.7. The van der Waals surface area contributed by atoms with Gasteiger partial charge in [-0.25, -0.2) is 4.98 Å². The number of rotatable bonds is 19. The quantitative estimate of drug-likeness (QED) is 0.0818. The van der Waals surface area contributed by atoms with E-state index in [9.17, 15) is 38.7 Å². The first-order valence-electron chi connectivity index (χ1n) is 12.2. The molecular weight excluding hydrogens is 511 g/mol. The molecule has 4 atom stereocenters. The van der Waals surface area contributed by atoms with Crippen LogP contribution in [0.1, 0.15) is 58.9 Å². The Bertz CT molecular complexity index is 1020. The number of hydrogen-bond donors (Lipinski definition) is 5. The van der Waals surface area contributed by atoms with Gasteiger partial charge < -0.3 is 41.8 Å². The SMILES string of the molecule is [3H]C(=O)CCC(CC(=O)C(CCC(=O)NC(Cc1cnc[nH]1)C(N)=O)NC(=O)C(C)CCC(=O)[O-])C(N)=O.[Na+]. The summed E-state index contributed by atoms with van der Waals surface area (Å²) in [7, 11) is 0. The van der Waals surface area contributed by atoms with Crippen molar-refractivity contribution in [3.8, 4) is 0 Å². The number of Topliss-reactive ketones (excluding diaryl/α,β-unsaturated/α-hetero) is 1. The van der Waals surface area contributed by atoms with E-state index in [-0.39, 0.29) is 74.5 Å². The topological polar surface area (TPSA) is 247 Å². The Morgan fingerprint density at radius 1 is 1.08 bits per heavy atom. The van der Waals surface area contributed by atoms with Crippen molar-refractivity contribution in [2.24, 2.45) is 23.3 Å². The van der Waals surface area contributed by atoms with Crippen molar-refractivity contribution < 1.29 is 69.6 Å². The van der Waals surface area contributed by atoms with Crippen molar-refractivity contribution in [3.63, 3.8) is 0 Å². The molecule has 1 aromatic heterocycles. The van der Waals surface area contributed by atoms with Crippen LogP contribution in [0.25, 0.3) is 0 Å². The molecule has 0 aliphatic rings. The molecule has 0 aromatic carbocycles. The number of carboxylic acids is 1. The molecule has 14 nitrogen and oxygen atoms in total. The molecule has 204 valence electrons. The Hall–Kier alpha value is -3.10. The van der Waals surface area contributed by atoms with Crippen molar-refractivity contribution in [1.29, 1.82) is 0 Å². The Morgan fingerprint density at radius 2 is 1.76 bits per heavy atom. The third-order valence-electron chi connectivity index (χ3n) is 5.70. The van der Waals surface area contributed by atoms with E-state index in [4.69, 9.17) is 12.8 Å². The summed E-state index contributed by atoms with van der Waals surface area (Å²) in [6.45, 7) is 1.45. The van der Waals surface area contributed by atoms with E-state index < -0.39 is 72.0 Å². The van der Waals surface area contributed by atoms with Crippen LogP contribution in [0.2, 0.25) is 0 Å². The van der Waals surface area contributed by atoms with E-state index in [1.165, 1.54) is 19.4 Å². The molecule has 7 N–H and O–H groups in total. The molecule has 0 saturated heterocycles. The number of primary amides is 2. The van der Waals surface area contributed by atoms with Gasteiger partial charge in [0.25, 0.3) is 0 Å². The second kappa shape index (κ2) is 18.2. The molecule has 4 amide bonds. The smallest absolute Gasteiger partial charge is 0.550 e. The fourth-order valence-electron chi connectivity index (χ4n) is 3.44. The number of imidazole rings is 1. The zero-order valence-corrected chi connectivity index (χ0v) is 23.5. The van der Waals surface area contributed by atoms with Gasteiger partial charge in [0.1, 0.15) is 13.7 Å². The summed E-state index contributed by atoms with van der Waals surface area (Å²) >= 11 is 0. The van der Waals surface area contributed by atoms with Crippen molar-refractivity contribution in [3.05, 3.63) is 18.2 Å². The molecule has 1 rings (SSSR count). The number of amides is 4. The summed E-state index contributed by atoms with van der Waals surface area (Å²) in [6, 6.07) is -2.33. The number of aromatic amines is 1. The minimum Gasteiger partial charge on any atom is -0.550 e. The number of nitrogens with zero attached hydrogens (tertiary/aromatic N) is 1. The number of H-pyrrole nitrogens is 1. The maximum Gasteiger partial charge on any atom is 1.00 e. The molecule has 0 fully saturated rings. The number of hydrogen-bond acceptors (Lipinski definition) is 9. The van der Waals surface area contributed by atoms with Gasteiger partial charge in [0, 0.05) is 55.4 Å². The van der Waals surface area contributed by atoms with Crippen LogP contribution in [-0.4, -0.2) is 63.7 Å². The summed E-state index contributed by atoms with van der Waals surface area (Å²) in [5, 5.41) is 15.6. The van der Waals surface area contributed by atoms with Gasteiger partial charge in [-0.2, -0.15) is 0 Å². The first-order chi connectivity index (χ1) is 17.8. The molecule has 0 aliphatic heterocycles. The zero-order valence-electron chi connectivity index (χ0n) is 22.5. The van der Waals surface area contributed by atoms with Crippen LogP contribution in [0.15, 0.2) is 12.5 Å². The number of nitrogens with one attached hydrogen (secondary N) is 3. The standard InChI is InChI=1S/C23H34N6O8.Na/c1-13(4-7-20(33)34)23(37)29-16(18(31)9-14(21(24)35)3-2-8-30)5-6-19(32)28-17(22(25)36)10-15-11-26-12-27-15;/h8,11-14,16-17H,2-7,9-10H2,1H3,(H2,24,35)(H2,25,36)(H,26,27)(H,28,32)(H,29,37)(H,33,34);/q;+1/p-1/i8T;. The molecular formula is C23H33N6NaO8. The predicted molar refractivity (Wildman–Crippen MR) is 126 cm³/mol. The fourth-order valence-corrected chi connectivity index (χ4v) is 3.44. The average Bonchev–Trinajstić information content (AvgIpc) is 3.34. The van der Waals surface area contributed by atoms with E-state index in [0.717, 1.165) is 0 Å². The number of carboxylic acid groups (broad SMARTS) is 1. The van der Waals surface area contributed by atoms with Crippen molar-refractivity contribution >= 4 is 41.6 Å². The van der Waals surface area contributed by atoms with E-state index in [1.54, 1.807) is 0 Å². The van der Waals surface area contributed by atoms with E-state index in [1.807, 2.05) is 0 Å². The van der Waals surface area contributed by atoms with Crippen molar-refractivity contribution in [1.82, 2.24) is 20.6 Å². The molecule has 0 saturated carbocycles. The second-order valence-electron chi connectivity index (χ2n) is 8.67. The summed E-state index contributed by atoms with van der Waals surface area (Å²) in [6.07, 6.45) is 0.0867. The molecule has 4 unspecified atom stereocenters. The molecule has 38 heavy (non-hydrogen) atoms. The van der Waals surface area contributed by atoms with Gasteiger partial charge in [-0.05, 0) is 25.7 Å². The van der Waals surface area contributed by atoms with Gasteiger partial charge in [0.05, 0.1) is 12.4 Å². The van der Waals surface area contributed by atoms with Gasteiger partial charge in [-0.1, -0.05) is 6.92 Å². The van der Waals surface area contributed by atoms with Crippen LogP contribution in [0.5, 0.6) is 0 Å². The maximum atomic E-state index is 13.0.